The largest absolute Gasteiger partial charge is 0.466 e. The third kappa shape index (κ3) is 4.50. The van der Waals surface area contributed by atoms with Gasteiger partial charge in [-0.15, -0.1) is 0 Å². The topological polar surface area (TPSA) is 85.9 Å². The van der Waals surface area contributed by atoms with Gasteiger partial charge in [-0.3, -0.25) is 15.1 Å². The fraction of sp³-hybridized carbons (Fsp3) is 0.789. The summed E-state index contributed by atoms with van der Waals surface area (Å²) in [5.41, 5.74) is 4.36. The Bertz CT molecular complexity index is 563. The van der Waals surface area contributed by atoms with Crippen molar-refractivity contribution in [2.24, 2.45) is 11.8 Å². The molecule has 0 saturated heterocycles. The molecule has 2 N–H and O–H groups in total. The molecule has 0 spiro atoms. The second-order valence-electron chi connectivity index (χ2n) is 7.82. The molecule has 3 atom stereocenters. The van der Waals surface area contributed by atoms with Crippen molar-refractivity contribution in [3.8, 4) is 0 Å². The highest BCUT2D eigenvalue weighted by Crippen LogP contribution is 2.41. The Labute approximate surface area is 155 Å². The van der Waals surface area contributed by atoms with Gasteiger partial charge in [0.15, 0.2) is 0 Å². The SMILES string of the molecule is CCOC(=O)C1CC(NC(=O)OC(C)(C)C)C2=C(C(CC)CC)NOC21. The van der Waals surface area contributed by atoms with Crippen LogP contribution in [0.5, 0.6) is 0 Å². The molecule has 1 aliphatic heterocycles. The number of allylic oxidation sites excluding steroid dienone is 1. The van der Waals surface area contributed by atoms with Crippen LogP contribution in [0.15, 0.2) is 11.3 Å². The molecule has 2 rings (SSSR count). The number of hydrogen-bond donors (Lipinski definition) is 2. The fourth-order valence-corrected chi connectivity index (χ4v) is 3.66. The van der Waals surface area contributed by atoms with E-state index in [2.05, 4.69) is 24.6 Å². The number of nitrogens with one attached hydrogen (secondary N) is 2. The van der Waals surface area contributed by atoms with E-state index in [1.165, 1.54) is 0 Å². The zero-order chi connectivity index (χ0) is 19.5. The van der Waals surface area contributed by atoms with Crippen molar-refractivity contribution >= 4 is 12.1 Å². The molecular weight excluding hydrogens is 336 g/mol. The maximum atomic E-state index is 12.4. The minimum absolute atomic E-state index is 0.291. The second-order valence-corrected chi connectivity index (χ2v) is 7.82. The lowest BCUT2D eigenvalue weighted by Crippen LogP contribution is -2.39. The molecule has 0 aromatic heterocycles. The molecule has 26 heavy (non-hydrogen) atoms. The Kier molecular flexibility index (Phi) is 6.55. The molecule has 7 heteroatoms. The Morgan fingerprint density at radius 1 is 1.27 bits per heavy atom. The van der Waals surface area contributed by atoms with Gasteiger partial charge in [-0.1, -0.05) is 13.8 Å². The lowest BCUT2D eigenvalue weighted by molar-refractivity contribution is -0.152. The highest BCUT2D eigenvalue weighted by atomic mass is 16.7. The summed E-state index contributed by atoms with van der Waals surface area (Å²) >= 11 is 0. The summed E-state index contributed by atoms with van der Waals surface area (Å²) in [5, 5.41) is 2.92. The van der Waals surface area contributed by atoms with E-state index in [0.29, 0.717) is 18.9 Å². The molecule has 1 saturated carbocycles. The van der Waals surface area contributed by atoms with Crippen LogP contribution in [0.3, 0.4) is 0 Å². The molecule has 0 bridgehead atoms. The van der Waals surface area contributed by atoms with Crippen LogP contribution in [0.1, 0.15) is 60.8 Å². The molecular formula is C19H32N2O5. The minimum atomic E-state index is -0.584. The first kappa shape index (κ1) is 20.6. The molecule has 1 fully saturated rings. The lowest BCUT2D eigenvalue weighted by Gasteiger charge is -2.23. The van der Waals surface area contributed by atoms with Crippen LogP contribution in [-0.4, -0.2) is 36.4 Å². The van der Waals surface area contributed by atoms with Crippen molar-refractivity contribution in [3.63, 3.8) is 0 Å². The molecule has 0 aromatic carbocycles. The maximum absolute atomic E-state index is 12.4. The Morgan fingerprint density at radius 3 is 2.46 bits per heavy atom. The fourth-order valence-electron chi connectivity index (χ4n) is 3.66. The summed E-state index contributed by atoms with van der Waals surface area (Å²) in [6.45, 7) is 11.8. The summed E-state index contributed by atoms with van der Waals surface area (Å²) in [6, 6.07) is -0.310. The lowest BCUT2D eigenvalue weighted by atomic mass is 9.93. The molecule has 0 radical (unpaired) electrons. The summed E-state index contributed by atoms with van der Waals surface area (Å²) in [4.78, 5) is 30.4. The summed E-state index contributed by atoms with van der Waals surface area (Å²) in [5.74, 6) is -0.445. The van der Waals surface area contributed by atoms with Gasteiger partial charge in [0.05, 0.1) is 18.6 Å². The van der Waals surface area contributed by atoms with Crippen molar-refractivity contribution in [1.29, 1.82) is 0 Å². The standard InChI is InChI=1S/C19H32N2O5/c1-7-11(8-2)15-14-13(20-18(23)25-19(4,5)6)10-12(16(14)26-21-15)17(22)24-9-3/h11-13,16,21H,7-10H2,1-6H3,(H,20,23). The number of hydrogen-bond acceptors (Lipinski definition) is 6. The molecule has 7 nitrogen and oxygen atoms in total. The molecule has 3 unspecified atom stereocenters. The normalized spacial score (nSPS) is 25.1. The van der Waals surface area contributed by atoms with E-state index in [1.807, 2.05) is 20.8 Å². The van der Waals surface area contributed by atoms with Gasteiger partial charge in [-0.05, 0) is 47.0 Å². The van der Waals surface area contributed by atoms with E-state index in [9.17, 15) is 9.59 Å². The minimum Gasteiger partial charge on any atom is -0.466 e. The quantitative estimate of drug-likeness (QED) is 0.701. The Balaban J connectivity index is 2.27. The van der Waals surface area contributed by atoms with Gasteiger partial charge < -0.3 is 14.8 Å². The van der Waals surface area contributed by atoms with Crippen LogP contribution in [0, 0.1) is 11.8 Å². The van der Waals surface area contributed by atoms with Crippen LogP contribution < -0.4 is 10.8 Å². The number of alkyl carbamates (subject to hydrolysis) is 1. The summed E-state index contributed by atoms with van der Waals surface area (Å²) in [6.07, 6.45) is 1.44. The maximum Gasteiger partial charge on any atom is 0.408 e. The van der Waals surface area contributed by atoms with Crippen LogP contribution in [0.2, 0.25) is 0 Å². The van der Waals surface area contributed by atoms with Gasteiger partial charge in [0.1, 0.15) is 11.7 Å². The number of fused-ring (bicyclic) bond motifs is 1. The Hall–Kier alpha value is -1.76. The smallest absolute Gasteiger partial charge is 0.408 e. The average Bonchev–Trinajstić information content (AvgIpc) is 3.09. The van der Waals surface area contributed by atoms with Crippen LogP contribution in [-0.2, 0) is 19.1 Å². The zero-order valence-electron chi connectivity index (χ0n) is 16.7. The molecule has 148 valence electrons. The predicted molar refractivity (Wildman–Crippen MR) is 97.0 cm³/mol. The number of carbonyl (C=O) groups excluding carboxylic acids is 2. The van der Waals surface area contributed by atoms with Gasteiger partial charge >= 0.3 is 12.1 Å². The van der Waals surface area contributed by atoms with E-state index in [0.717, 1.165) is 24.1 Å². The van der Waals surface area contributed by atoms with E-state index >= 15 is 0 Å². The van der Waals surface area contributed by atoms with Crippen molar-refractivity contribution in [2.45, 2.75) is 78.6 Å². The van der Waals surface area contributed by atoms with Crippen molar-refractivity contribution in [1.82, 2.24) is 10.8 Å². The average molecular weight is 368 g/mol. The molecule has 2 aliphatic rings. The number of rotatable bonds is 6. The first-order valence-electron chi connectivity index (χ1n) is 9.53. The van der Waals surface area contributed by atoms with Crippen LogP contribution in [0.25, 0.3) is 0 Å². The van der Waals surface area contributed by atoms with Gasteiger partial charge in [0, 0.05) is 17.2 Å². The molecule has 1 aliphatic carbocycles. The highest BCUT2D eigenvalue weighted by Gasteiger charge is 2.50. The first-order chi connectivity index (χ1) is 12.2. The Morgan fingerprint density at radius 2 is 1.92 bits per heavy atom. The van der Waals surface area contributed by atoms with Gasteiger partial charge in [0.2, 0.25) is 0 Å². The van der Waals surface area contributed by atoms with E-state index in [4.69, 9.17) is 14.3 Å². The number of ether oxygens (including phenoxy) is 2. The third-order valence-corrected chi connectivity index (χ3v) is 4.82. The van der Waals surface area contributed by atoms with Gasteiger partial charge in [-0.2, -0.15) is 0 Å². The van der Waals surface area contributed by atoms with Gasteiger partial charge in [-0.25, -0.2) is 4.79 Å². The summed E-state index contributed by atoms with van der Waals surface area (Å²) < 4.78 is 10.6. The number of carbonyl (C=O) groups is 2. The predicted octanol–water partition coefficient (Wildman–Crippen LogP) is 3.06. The van der Waals surface area contributed by atoms with Crippen LogP contribution >= 0.6 is 0 Å². The monoisotopic (exact) mass is 368 g/mol. The first-order valence-corrected chi connectivity index (χ1v) is 9.53. The van der Waals surface area contributed by atoms with Crippen molar-refractivity contribution in [3.05, 3.63) is 11.3 Å². The summed E-state index contributed by atoms with van der Waals surface area (Å²) in [7, 11) is 0. The van der Waals surface area contributed by atoms with E-state index in [-0.39, 0.29) is 12.0 Å². The third-order valence-electron chi connectivity index (χ3n) is 4.82. The molecule has 1 amide bonds. The number of amides is 1. The van der Waals surface area contributed by atoms with Gasteiger partial charge in [0.25, 0.3) is 0 Å². The molecule has 0 aromatic rings. The van der Waals surface area contributed by atoms with Crippen LogP contribution in [0.4, 0.5) is 4.79 Å². The zero-order valence-corrected chi connectivity index (χ0v) is 16.7. The van der Waals surface area contributed by atoms with Crippen molar-refractivity contribution < 1.29 is 23.9 Å². The van der Waals surface area contributed by atoms with E-state index in [1.54, 1.807) is 6.92 Å². The molecule has 1 heterocycles. The second kappa shape index (κ2) is 8.29. The highest BCUT2D eigenvalue weighted by molar-refractivity contribution is 5.76. The number of hydroxylamine groups is 1. The van der Waals surface area contributed by atoms with E-state index < -0.39 is 23.7 Å². The number of esters is 1. The van der Waals surface area contributed by atoms with Crippen molar-refractivity contribution in [2.75, 3.05) is 6.61 Å².